The first-order chi connectivity index (χ1) is 10.9. The number of hydrogen-bond donors (Lipinski definition) is 2. The number of nitrogens with one attached hydrogen (secondary N) is 1. The van der Waals surface area contributed by atoms with E-state index in [0.717, 1.165) is 49.0 Å². The van der Waals surface area contributed by atoms with Gasteiger partial charge in [0.1, 0.15) is 5.75 Å². The predicted molar refractivity (Wildman–Crippen MR) is 101 cm³/mol. The number of amides is 1. The second kappa shape index (κ2) is 9.28. The number of carbonyl (C=O) groups is 1. The lowest BCUT2D eigenvalue weighted by atomic mass is 9.74. The number of benzene rings is 1. The van der Waals surface area contributed by atoms with Crippen LogP contribution in [0.1, 0.15) is 57.1 Å². The number of aryl methyl sites for hydroxylation is 1. The quantitative estimate of drug-likeness (QED) is 0.818. The van der Waals surface area contributed by atoms with Gasteiger partial charge in [0.25, 0.3) is 0 Å². The molecule has 0 spiro atoms. The van der Waals surface area contributed by atoms with Crippen LogP contribution >= 0.6 is 12.4 Å². The van der Waals surface area contributed by atoms with E-state index in [2.05, 4.69) is 12.2 Å². The van der Waals surface area contributed by atoms with Crippen LogP contribution in [-0.4, -0.2) is 18.1 Å². The zero-order valence-electron chi connectivity index (χ0n) is 15.1. The summed E-state index contributed by atoms with van der Waals surface area (Å²) in [4.78, 5) is 12.5. The molecule has 2 atom stereocenters. The summed E-state index contributed by atoms with van der Waals surface area (Å²) in [7, 11) is 0. The van der Waals surface area contributed by atoms with Gasteiger partial charge in [0.05, 0.1) is 12.5 Å². The maximum atomic E-state index is 12.5. The molecule has 1 aromatic rings. The molecule has 136 valence electrons. The molecule has 1 aliphatic carbocycles. The Kier molecular flexibility index (Phi) is 8.04. The lowest BCUT2D eigenvalue weighted by molar-refractivity contribution is -0.128. The molecule has 0 aliphatic heterocycles. The topological polar surface area (TPSA) is 64.3 Å². The summed E-state index contributed by atoms with van der Waals surface area (Å²) in [5.74, 6) is 0.838. The Morgan fingerprint density at radius 2 is 2.17 bits per heavy atom. The summed E-state index contributed by atoms with van der Waals surface area (Å²) < 4.78 is 5.81. The van der Waals surface area contributed by atoms with Gasteiger partial charge in [-0.1, -0.05) is 31.9 Å². The van der Waals surface area contributed by atoms with Crippen molar-refractivity contribution < 1.29 is 9.53 Å². The van der Waals surface area contributed by atoms with Crippen molar-refractivity contribution in [2.45, 2.75) is 65.0 Å². The normalized spacial score (nSPS) is 23.2. The molecule has 2 unspecified atom stereocenters. The van der Waals surface area contributed by atoms with E-state index < -0.39 is 5.54 Å². The fraction of sp³-hybridized carbons (Fsp3) is 0.632. The van der Waals surface area contributed by atoms with Crippen molar-refractivity contribution in [2.75, 3.05) is 6.61 Å². The number of halogens is 1. The largest absolute Gasteiger partial charge is 0.493 e. The third kappa shape index (κ3) is 5.38. The van der Waals surface area contributed by atoms with Crippen LogP contribution in [0.15, 0.2) is 18.2 Å². The summed E-state index contributed by atoms with van der Waals surface area (Å²) in [6, 6.07) is 6.11. The average Bonchev–Trinajstić information content (AvgIpc) is 2.51. The van der Waals surface area contributed by atoms with Gasteiger partial charge in [0.15, 0.2) is 0 Å². The van der Waals surface area contributed by atoms with Crippen molar-refractivity contribution in [3.63, 3.8) is 0 Å². The molecule has 2 rings (SSSR count). The molecule has 0 aromatic heterocycles. The minimum Gasteiger partial charge on any atom is -0.493 e. The highest BCUT2D eigenvalue weighted by molar-refractivity contribution is 5.85. The highest BCUT2D eigenvalue weighted by Gasteiger charge is 2.37. The number of rotatable bonds is 6. The van der Waals surface area contributed by atoms with Crippen molar-refractivity contribution in [3.05, 3.63) is 29.3 Å². The summed E-state index contributed by atoms with van der Waals surface area (Å²) in [6.07, 6.45) is 4.96. The maximum absolute atomic E-state index is 12.5. The van der Waals surface area contributed by atoms with E-state index in [4.69, 9.17) is 10.5 Å². The van der Waals surface area contributed by atoms with Crippen molar-refractivity contribution in [1.29, 1.82) is 0 Å². The van der Waals surface area contributed by atoms with Crippen LogP contribution < -0.4 is 15.8 Å². The Bertz CT molecular complexity index is 546. The Morgan fingerprint density at radius 3 is 2.83 bits per heavy atom. The van der Waals surface area contributed by atoms with Crippen LogP contribution in [0.2, 0.25) is 0 Å². The molecule has 5 heteroatoms. The Morgan fingerprint density at radius 1 is 1.42 bits per heavy atom. The van der Waals surface area contributed by atoms with Gasteiger partial charge in [0.2, 0.25) is 5.91 Å². The van der Waals surface area contributed by atoms with Crippen LogP contribution in [-0.2, 0) is 11.3 Å². The lowest BCUT2D eigenvalue weighted by Gasteiger charge is -2.37. The minimum atomic E-state index is -0.392. The summed E-state index contributed by atoms with van der Waals surface area (Å²) in [5, 5.41) is 3.06. The number of hydrogen-bond acceptors (Lipinski definition) is 3. The van der Waals surface area contributed by atoms with Gasteiger partial charge in [-0.3, -0.25) is 4.79 Å². The van der Waals surface area contributed by atoms with Crippen molar-refractivity contribution in [1.82, 2.24) is 5.32 Å². The summed E-state index contributed by atoms with van der Waals surface area (Å²) in [6.45, 7) is 7.31. The summed E-state index contributed by atoms with van der Waals surface area (Å²) in [5.41, 5.74) is 8.11. The van der Waals surface area contributed by atoms with E-state index in [-0.39, 0.29) is 24.2 Å². The van der Waals surface area contributed by atoms with E-state index in [1.165, 1.54) is 0 Å². The summed E-state index contributed by atoms with van der Waals surface area (Å²) >= 11 is 0. The van der Waals surface area contributed by atoms with Gasteiger partial charge in [-0.25, -0.2) is 0 Å². The van der Waals surface area contributed by atoms with Gasteiger partial charge in [0, 0.05) is 17.6 Å². The molecule has 0 heterocycles. The fourth-order valence-corrected chi connectivity index (χ4v) is 3.25. The Labute approximate surface area is 151 Å². The Balaban J connectivity index is 0.00000288. The van der Waals surface area contributed by atoms with Gasteiger partial charge in [-0.05, 0) is 44.7 Å². The molecule has 0 radical (unpaired) electrons. The molecular weight excluding hydrogens is 324 g/mol. The third-order valence-corrected chi connectivity index (χ3v) is 4.71. The molecule has 1 saturated carbocycles. The van der Waals surface area contributed by atoms with Crippen LogP contribution in [0.25, 0.3) is 0 Å². The molecule has 3 N–H and O–H groups in total. The van der Waals surface area contributed by atoms with Crippen LogP contribution in [0.4, 0.5) is 0 Å². The molecule has 1 aromatic carbocycles. The highest BCUT2D eigenvalue weighted by Crippen LogP contribution is 2.31. The van der Waals surface area contributed by atoms with E-state index in [9.17, 15) is 4.79 Å². The third-order valence-electron chi connectivity index (χ3n) is 4.71. The van der Waals surface area contributed by atoms with Crippen molar-refractivity contribution in [2.24, 2.45) is 11.7 Å². The minimum absolute atomic E-state index is 0. The monoisotopic (exact) mass is 354 g/mol. The van der Waals surface area contributed by atoms with Gasteiger partial charge in [-0.15, -0.1) is 12.4 Å². The highest BCUT2D eigenvalue weighted by atomic mass is 35.5. The van der Waals surface area contributed by atoms with Crippen LogP contribution in [0, 0.1) is 12.8 Å². The van der Waals surface area contributed by atoms with Gasteiger partial charge >= 0.3 is 0 Å². The molecular formula is C19H31ClN2O2. The molecule has 1 fully saturated rings. The number of ether oxygens (including phenoxy) is 1. The van der Waals surface area contributed by atoms with E-state index in [0.29, 0.717) is 13.2 Å². The SMILES string of the molecule is CCCOc1cc(C)ccc1CNC(=O)C1CCCCC1(C)N.Cl. The smallest absolute Gasteiger partial charge is 0.225 e. The molecule has 0 bridgehead atoms. The van der Waals surface area contributed by atoms with Crippen LogP contribution in [0.3, 0.4) is 0 Å². The van der Waals surface area contributed by atoms with Gasteiger partial charge < -0.3 is 15.8 Å². The Hall–Kier alpha value is -1.26. The van der Waals surface area contributed by atoms with Crippen molar-refractivity contribution in [3.8, 4) is 5.75 Å². The molecule has 24 heavy (non-hydrogen) atoms. The van der Waals surface area contributed by atoms with E-state index in [1.807, 2.05) is 32.0 Å². The first-order valence-electron chi connectivity index (χ1n) is 8.73. The molecule has 4 nitrogen and oxygen atoms in total. The molecule has 0 saturated heterocycles. The first kappa shape index (κ1) is 20.8. The lowest BCUT2D eigenvalue weighted by Crippen LogP contribution is -2.52. The molecule has 1 aliphatic rings. The van der Waals surface area contributed by atoms with Gasteiger partial charge in [-0.2, -0.15) is 0 Å². The average molecular weight is 355 g/mol. The second-order valence-corrected chi connectivity index (χ2v) is 6.98. The van der Waals surface area contributed by atoms with E-state index >= 15 is 0 Å². The molecule has 1 amide bonds. The first-order valence-corrected chi connectivity index (χ1v) is 8.73. The number of carbonyl (C=O) groups excluding carboxylic acids is 1. The van der Waals surface area contributed by atoms with E-state index in [1.54, 1.807) is 0 Å². The zero-order chi connectivity index (χ0) is 16.9. The zero-order valence-corrected chi connectivity index (χ0v) is 15.9. The second-order valence-electron chi connectivity index (χ2n) is 6.98. The standard InChI is InChI=1S/C19H30N2O2.ClH/c1-4-11-23-17-12-14(2)8-9-15(17)13-21-18(22)16-7-5-6-10-19(16,3)20;/h8-9,12,16H,4-7,10-11,13,20H2,1-3H3,(H,21,22);1H. The maximum Gasteiger partial charge on any atom is 0.225 e. The number of nitrogens with two attached hydrogens (primary N) is 1. The predicted octanol–water partition coefficient (Wildman–Crippen LogP) is 3.73. The fourth-order valence-electron chi connectivity index (χ4n) is 3.25. The van der Waals surface area contributed by atoms with Crippen molar-refractivity contribution >= 4 is 18.3 Å². The van der Waals surface area contributed by atoms with Crippen LogP contribution in [0.5, 0.6) is 5.75 Å².